The van der Waals surface area contributed by atoms with Gasteiger partial charge in [-0.25, -0.2) is 19.9 Å². The number of anilines is 2. The second kappa shape index (κ2) is 8.61. The molecule has 0 aromatic carbocycles. The number of aromatic nitrogens is 5. The quantitative estimate of drug-likeness (QED) is 0.347. The fourth-order valence-electron chi connectivity index (χ4n) is 5.36. The lowest BCUT2D eigenvalue weighted by Gasteiger charge is -2.27. The van der Waals surface area contributed by atoms with Crippen molar-refractivity contribution in [3.8, 4) is 0 Å². The Bertz CT molecular complexity index is 1640. The van der Waals surface area contributed by atoms with Gasteiger partial charge in [-0.15, -0.1) is 0 Å². The Morgan fingerprint density at radius 2 is 2.00 bits per heavy atom. The highest BCUT2D eigenvalue weighted by Crippen LogP contribution is 2.48. The van der Waals surface area contributed by atoms with Crippen LogP contribution in [0.1, 0.15) is 24.1 Å². The van der Waals surface area contributed by atoms with Crippen molar-refractivity contribution in [3.05, 3.63) is 46.5 Å². The smallest absolute Gasteiger partial charge is 0.383 e. The first-order valence-corrected chi connectivity index (χ1v) is 12.5. The van der Waals surface area contributed by atoms with E-state index in [0.717, 1.165) is 12.5 Å². The van der Waals surface area contributed by atoms with Crippen LogP contribution in [0.5, 0.6) is 0 Å². The highest BCUT2D eigenvalue weighted by molar-refractivity contribution is 9.10. The number of nitrogens with zero attached hydrogens (tertiary/aromatic N) is 6. The van der Waals surface area contributed by atoms with Gasteiger partial charge in [0.25, 0.3) is 0 Å². The van der Waals surface area contributed by atoms with Crippen LogP contribution in [-0.2, 0) is 22.3 Å². The molecule has 14 heteroatoms. The number of nitrogens with one attached hydrogen (secondary N) is 1. The Kier molecular flexibility index (Phi) is 5.56. The number of alkyl halides is 3. The molecule has 4 aromatic heterocycles. The second-order valence-corrected chi connectivity index (χ2v) is 10.3. The van der Waals surface area contributed by atoms with Gasteiger partial charge in [0.15, 0.2) is 0 Å². The highest BCUT2D eigenvalue weighted by atomic mass is 79.9. The lowest BCUT2D eigenvalue weighted by Crippen LogP contribution is -2.46. The third-order valence-electron chi connectivity index (χ3n) is 7.05. The van der Waals surface area contributed by atoms with E-state index in [1.54, 1.807) is 23.1 Å². The van der Waals surface area contributed by atoms with Crippen LogP contribution in [0.4, 0.5) is 24.8 Å². The Hall–Kier alpha value is -3.81. The predicted octanol–water partition coefficient (Wildman–Crippen LogP) is 3.67. The molecule has 3 N–H and O–H groups in total. The van der Waals surface area contributed by atoms with Crippen LogP contribution in [0.25, 0.3) is 22.1 Å². The van der Waals surface area contributed by atoms with Crippen LogP contribution >= 0.6 is 15.9 Å². The zero-order chi connectivity index (χ0) is 26.9. The summed E-state index contributed by atoms with van der Waals surface area (Å²) in [7, 11) is 0. The van der Waals surface area contributed by atoms with E-state index >= 15 is 0 Å². The maximum atomic E-state index is 13.7. The summed E-state index contributed by atoms with van der Waals surface area (Å²) in [4.78, 5) is 44.6. The molecule has 2 aliphatic rings. The second-order valence-electron chi connectivity index (χ2n) is 9.51. The van der Waals surface area contributed by atoms with Gasteiger partial charge in [-0.05, 0) is 65.4 Å². The third kappa shape index (κ3) is 4.03. The lowest BCUT2D eigenvalue weighted by atomic mass is 10.1. The van der Waals surface area contributed by atoms with E-state index < -0.39 is 17.9 Å². The minimum absolute atomic E-state index is 0.0287. The summed E-state index contributed by atoms with van der Waals surface area (Å²) in [6, 6.07) is 5.27. The van der Waals surface area contributed by atoms with Gasteiger partial charge in [0.2, 0.25) is 11.8 Å². The molecule has 0 bridgehead atoms. The average molecular weight is 589 g/mol. The zero-order valence-electron chi connectivity index (χ0n) is 19.8. The molecule has 4 aromatic rings. The maximum Gasteiger partial charge on any atom is 0.433 e. The van der Waals surface area contributed by atoms with E-state index in [4.69, 9.17) is 5.73 Å². The van der Waals surface area contributed by atoms with Crippen molar-refractivity contribution in [2.24, 2.45) is 5.92 Å². The van der Waals surface area contributed by atoms with E-state index in [0.29, 0.717) is 22.4 Å². The number of piperidine rings is 1. The van der Waals surface area contributed by atoms with E-state index in [-0.39, 0.29) is 58.3 Å². The number of fused-ring (bicyclic) bond motifs is 4. The van der Waals surface area contributed by atoms with Crippen molar-refractivity contribution >= 4 is 61.4 Å². The average Bonchev–Trinajstić information content (AvgIpc) is 3.38. The topological polar surface area (TPSA) is 132 Å². The first-order valence-electron chi connectivity index (χ1n) is 11.7. The Balaban J connectivity index is 1.37. The molecule has 1 aliphatic heterocycles. The minimum Gasteiger partial charge on any atom is -0.383 e. The van der Waals surface area contributed by atoms with Gasteiger partial charge in [0, 0.05) is 6.04 Å². The molecule has 6 rings (SSSR count). The van der Waals surface area contributed by atoms with Crippen LogP contribution in [0, 0.1) is 12.8 Å². The van der Waals surface area contributed by atoms with Crippen LogP contribution in [-0.4, -0.2) is 53.3 Å². The summed E-state index contributed by atoms with van der Waals surface area (Å²) in [6.45, 7) is 1.25. The first-order chi connectivity index (χ1) is 18.0. The fraction of sp³-hybridized carbons (Fsp3) is 0.333. The Morgan fingerprint density at radius 1 is 1.21 bits per heavy atom. The molecule has 1 aliphatic carbocycles. The van der Waals surface area contributed by atoms with Crippen LogP contribution in [0.2, 0.25) is 0 Å². The SMILES string of the molecule is Cc1cc(C(F)(F)F)nc2c3c(N)ncnc3n(CC(=O)N3[C@@H]4CC4C[C@H]3C(=O)Nc3cccc(Br)n3)c12. The number of amides is 2. The van der Waals surface area contributed by atoms with Crippen LogP contribution in [0.15, 0.2) is 35.2 Å². The van der Waals surface area contributed by atoms with Crippen molar-refractivity contribution < 1.29 is 22.8 Å². The largest absolute Gasteiger partial charge is 0.433 e. The summed E-state index contributed by atoms with van der Waals surface area (Å²) in [5.74, 6) is -0.169. The van der Waals surface area contributed by atoms with E-state index in [2.05, 4.69) is 41.2 Å². The van der Waals surface area contributed by atoms with Crippen molar-refractivity contribution in [1.82, 2.24) is 29.4 Å². The molecular formula is C24H20BrF3N8O2. The molecule has 1 saturated heterocycles. The minimum atomic E-state index is -4.67. The fourth-order valence-corrected chi connectivity index (χ4v) is 5.70. The van der Waals surface area contributed by atoms with E-state index in [1.165, 1.54) is 17.8 Å². The number of rotatable bonds is 4. The van der Waals surface area contributed by atoms with E-state index in [1.807, 2.05) is 0 Å². The van der Waals surface area contributed by atoms with Crippen molar-refractivity contribution in [1.29, 1.82) is 0 Å². The summed E-state index contributed by atoms with van der Waals surface area (Å²) < 4.78 is 42.6. The molecule has 2 fully saturated rings. The number of hydrogen-bond donors (Lipinski definition) is 2. The molecule has 196 valence electrons. The number of likely N-dealkylation sites (tertiary alicyclic amines) is 1. The molecule has 5 heterocycles. The molecule has 1 unspecified atom stereocenters. The number of nitrogens with two attached hydrogens (primary N) is 1. The van der Waals surface area contributed by atoms with Gasteiger partial charge in [-0.2, -0.15) is 13.2 Å². The van der Waals surface area contributed by atoms with Gasteiger partial charge in [0.05, 0.1) is 10.9 Å². The van der Waals surface area contributed by atoms with Gasteiger partial charge >= 0.3 is 6.18 Å². The highest BCUT2D eigenvalue weighted by Gasteiger charge is 2.56. The maximum absolute atomic E-state index is 13.7. The molecule has 0 spiro atoms. The van der Waals surface area contributed by atoms with Crippen molar-refractivity contribution in [3.63, 3.8) is 0 Å². The molecule has 10 nitrogen and oxygen atoms in total. The van der Waals surface area contributed by atoms with E-state index in [9.17, 15) is 22.8 Å². The standard InChI is InChI=1S/C24H20BrF3N8O2/c1-10-5-14(24(26,27)28)32-19-18-21(29)30-9-31-22(18)35(20(10)19)8-17(37)36-12-6-11(12)7-13(36)23(38)34-16-4-2-3-15(25)33-16/h2-5,9,11-13H,6-8H2,1H3,(H2,29,30,31)(H,33,34,38)/t11?,12-,13+/m1/s1. The zero-order valence-corrected chi connectivity index (χ0v) is 21.4. The monoisotopic (exact) mass is 588 g/mol. The third-order valence-corrected chi connectivity index (χ3v) is 7.49. The molecule has 38 heavy (non-hydrogen) atoms. The summed E-state index contributed by atoms with van der Waals surface area (Å²) in [5.41, 5.74) is 5.68. The number of nitrogen functional groups attached to an aromatic ring is 1. The number of carbonyl (C=O) groups excluding carboxylic acids is 2. The Labute approximate surface area is 221 Å². The van der Waals surface area contributed by atoms with Crippen LogP contribution < -0.4 is 11.1 Å². The molecular weight excluding hydrogens is 569 g/mol. The number of carbonyl (C=O) groups is 2. The summed E-state index contributed by atoms with van der Waals surface area (Å²) in [5, 5.41) is 2.92. The van der Waals surface area contributed by atoms with Crippen molar-refractivity contribution in [2.45, 2.75) is 44.6 Å². The molecule has 1 saturated carbocycles. The van der Waals surface area contributed by atoms with Crippen molar-refractivity contribution in [2.75, 3.05) is 11.1 Å². The number of pyridine rings is 2. The van der Waals surface area contributed by atoms with Gasteiger partial charge in [-0.1, -0.05) is 6.07 Å². The van der Waals surface area contributed by atoms with Crippen LogP contribution in [0.3, 0.4) is 0 Å². The molecule has 3 atom stereocenters. The molecule has 2 amide bonds. The number of aryl methyl sites for hydroxylation is 1. The molecule has 0 radical (unpaired) electrons. The Morgan fingerprint density at radius 3 is 2.74 bits per heavy atom. The first kappa shape index (κ1) is 24.5. The number of hydrogen-bond acceptors (Lipinski definition) is 7. The van der Waals surface area contributed by atoms with Gasteiger partial charge in [-0.3, -0.25) is 9.59 Å². The van der Waals surface area contributed by atoms with Gasteiger partial charge in [0.1, 0.15) is 52.0 Å². The normalized spacial score (nSPS) is 20.7. The summed E-state index contributed by atoms with van der Waals surface area (Å²) >= 11 is 3.27. The van der Waals surface area contributed by atoms with Gasteiger partial charge < -0.3 is 20.5 Å². The predicted molar refractivity (Wildman–Crippen MR) is 135 cm³/mol. The summed E-state index contributed by atoms with van der Waals surface area (Å²) in [6.07, 6.45) is -2.17. The number of halogens is 4. The lowest BCUT2D eigenvalue weighted by molar-refractivity contribution is -0.141.